The van der Waals surface area contributed by atoms with Crippen LogP contribution in [0.1, 0.15) is 5.56 Å². The first-order valence-corrected chi connectivity index (χ1v) is 4.78. The van der Waals surface area contributed by atoms with Gasteiger partial charge in [-0.25, -0.2) is 0 Å². The molecule has 2 nitrogen and oxygen atoms in total. The molecule has 2 rings (SSSR count). The molecule has 0 spiro atoms. The van der Waals surface area contributed by atoms with Gasteiger partial charge in [-0.2, -0.15) is 5.26 Å². The first kappa shape index (κ1) is 8.36. The molecule has 0 radical (unpaired) electrons. The summed E-state index contributed by atoms with van der Waals surface area (Å²) in [5.74, 6) is -0.0341. The molecular weight excluding hydrogens is 206 g/mol. The summed E-state index contributed by atoms with van der Waals surface area (Å²) in [6.07, 6.45) is 0. The second-order valence-electron chi connectivity index (χ2n) is 2.53. The van der Waals surface area contributed by atoms with Crippen molar-refractivity contribution in [2.45, 2.75) is 0 Å². The molecule has 64 valence electrons. The van der Waals surface area contributed by atoms with Crippen LogP contribution in [0.2, 0.25) is 5.02 Å². The molecule has 0 aliphatic heterocycles. The zero-order valence-corrected chi connectivity index (χ0v) is 7.99. The number of fused-ring (bicyclic) bond motifs is 1. The first-order chi connectivity index (χ1) is 6.24. The fraction of sp³-hybridized carbons (Fsp3) is 0. The van der Waals surface area contributed by atoms with E-state index in [9.17, 15) is 5.11 Å². The van der Waals surface area contributed by atoms with Crippen molar-refractivity contribution < 1.29 is 5.11 Å². The zero-order chi connectivity index (χ0) is 9.42. The van der Waals surface area contributed by atoms with Gasteiger partial charge in [0.15, 0.2) is 0 Å². The number of nitrogens with zero attached hydrogens (tertiary/aromatic N) is 1. The number of halogens is 1. The second-order valence-corrected chi connectivity index (χ2v) is 3.83. The number of thiophene rings is 1. The predicted octanol–water partition coefficient (Wildman–Crippen LogP) is 3.13. The average molecular weight is 210 g/mol. The molecule has 1 N–H and O–H groups in total. The Morgan fingerprint density at radius 1 is 1.54 bits per heavy atom. The van der Waals surface area contributed by atoms with Crippen molar-refractivity contribution in [3.8, 4) is 11.8 Å². The molecule has 0 bridgehead atoms. The molecule has 0 saturated heterocycles. The molecule has 0 saturated carbocycles. The lowest BCUT2D eigenvalue weighted by Gasteiger charge is -1.99. The number of benzene rings is 1. The van der Waals surface area contributed by atoms with E-state index in [1.165, 1.54) is 17.4 Å². The van der Waals surface area contributed by atoms with Crippen LogP contribution in [-0.2, 0) is 0 Å². The minimum absolute atomic E-state index is 0.0341. The van der Waals surface area contributed by atoms with Gasteiger partial charge in [0, 0.05) is 5.39 Å². The van der Waals surface area contributed by atoms with Crippen molar-refractivity contribution in [3.63, 3.8) is 0 Å². The number of rotatable bonds is 0. The largest absolute Gasteiger partial charge is 0.506 e. The summed E-state index contributed by atoms with van der Waals surface area (Å²) in [5, 5.41) is 21.1. The van der Waals surface area contributed by atoms with Crippen molar-refractivity contribution in [1.82, 2.24) is 0 Å². The van der Waals surface area contributed by atoms with E-state index < -0.39 is 0 Å². The number of hydrogen-bond acceptors (Lipinski definition) is 3. The third-order valence-corrected chi connectivity index (χ3v) is 3.21. The SMILES string of the molecule is N#Cc1cc(O)c(Cl)c2sccc12. The highest BCUT2D eigenvalue weighted by Crippen LogP contribution is 2.37. The van der Waals surface area contributed by atoms with Gasteiger partial charge in [-0.05, 0) is 17.5 Å². The molecule has 4 heteroatoms. The van der Waals surface area contributed by atoms with Crippen LogP contribution in [0, 0.1) is 11.3 Å². The summed E-state index contributed by atoms with van der Waals surface area (Å²) in [6, 6.07) is 5.22. The van der Waals surface area contributed by atoms with E-state index in [-0.39, 0.29) is 5.75 Å². The zero-order valence-electron chi connectivity index (χ0n) is 6.41. The third kappa shape index (κ3) is 1.15. The van der Waals surface area contributed by atoms with E-state index in [2.05, 4.69) is 0 Å². The molecule has 0 atom stereocenters. The Hall–Kier alpha value is -1.24. The van der Waals surface area contributed by atoms with Crippen LogP contribution in [0.3, 0.4) is 0 Å². The van der Waals surface area contributed by atoms with Crippen molar-refractivity contribution in [3.05, 3.63) is 28.1 Å². The van der Waals surface area contributed by atoms with E-state index in [0.717, 1.165) is 10.1 Å². The summed E-state index contributed by atoms with van der Waals surface area (Å²) >= 11 is 7.26. The van der Waals surface area contributed by atoms with Gasteiger partial charge in [0.25, 0.3) is 0 Å². The van der Waals surface area contributed by atoms with Crippen LogP contribution >= 0.6 is 22.9 Å². The molecule has 2 aromatic rings. The normalized spacial score (nSPS) is 10.2. The van der Waals surface area contributed by atoms with Crippen LogP contribution in [0.4, 0.5) is 0 Å². The average Bonchev–Trinajstić information content (AvgIpc) is 2.60. The van der Waals surface area contributed by atoms with Crippen LogP contribution < -0.4 is 0 Å². The van der Waals surface area contributed by atoms with Crippen LogP contribution in [-0.4, -0.2) is 5.11 Å². The molecular formula is C9H4ClNOS. The monoisotopic (exact) mass is 209 g/mol. The summed E-state index contributed by atoms with van der Waals surface area (Å²) < 4.78 is 0.762. The molecule has 1 heterocycles. The Labute approximate surface area is 83.6 Å². The van der Waals surface area contributed by atoms with Gasteiger partial charge < -0.3 is 5.11 Å². The highest BCUT2D eigenvalue weighted by atomic mass is 35.5. The van der Waals surface area contributed by atoms with Gasteiger partial charge in [0.2, 0.25) is 0 Å². The van der Waals surface area contributed by atoms with Gasteiger partial charge >= 0.3 is 0 Å². The Morgan fingerprint density at radius 3 is 3.00 bits per heavy atom. The predicted molar refractivity (Wildman–Crippen MR) is 53.2 cm³/mol. The van der Waals surface area contributed by atoms with Crippen LogP contribution in [0.15, 0.2) is 17.5 Å². The topological polar surface area (TPSA) is 44.0 Å². The minimum Gasteiger partial charge on any atom is -0.506 e. The van der Waals surface area contributed by atoms with E-state index >= 15 is 0 Å². The number of phenolic OH excluding ortho intramolecular Hbond substituents is 1. The van der Waals surface area contributed by atoms with Crippen molar-refractivity contribution >= 4 is 33.0 Å². The highest BCUT2D eigenvalue weighted by Gasteiger charge is 2.10. The molecule has 0 amide bonds. The van der Waals surface area contributed by atoms with E-state index in [1.54, 1.807) is 0 Å². The lowest BCUT2D eigenvalue weighted by Crippen LogP contribution is -1.77. The quantitative estimate of drug-likeness (QED) is 0.725. The smallest absolute Gasteiger partial charge is 0.136 e. The lowest BCUT2D eigenvalue weighted by molar-refractivity contribution is 0.476. The summed E-state index contributed by atoms with van der Waals surface area (Å²) in [4.78, 5) is 0. The molecule has 1 aromatic heterocycles. The van der Waals surface area contributed by atoms with Crippen molar-refractivity contribution in [1.29, 1.82) is 5.26 Å². The van der Waals surface area contributed by atoms with Crippen molar-refractivity contribution in [2.75, 3.05) is 0 Å². The molecule has 0 unspecified atom stereocenters. The molecule has 0 aliphatic carbocycles. The van der Waals surface area contributed by atoms with Gasteiger partial charge in [0.05, 0.1) is 16.3 Å². The van der Waals surface area contributed by atoms with E-state index in [4.69, 9.17) is 16.9 Å². The number of hydrogen-bond donors (Lipinski definition) is 1. The summed E-state index contributed by atoms with van der Waals surface area (Å²) in [5.41, 5.74) is 0.457. The second kappa shape index (κ2) is 2.91. The Bertz CT molecular complexity index is 512. The maximum Gasteiger partial charge on any atom is 0.136 e. The molecule has 13 heavy (non-hydrogen) atoms. The van der Waals surface area contributed by atoms with Crippen molar-refractivity contribution in [2.24, 2.45) is 0 Å². The van der Waals surface area contributed by atoms with Crippen LogP contribution in [0.5, 0.6) is 5.75 Å². The molecule has 1 aromatic carbocycles. The maximum atomic E-state index is 9.37. The Balaban J connectivity index is 2.97. The number of aromatic hydroxyl groups is 1. The van der Waals surface area contributed by atoms with Gasteiger partial charge in [-0.15, -0.1) is 11.3 Å². The first-order valence-electron chi connectivity index (χ1n) is 3.53. The summed E-state index contributed by atoms with van der Waals surface area (Å²) in [7, 11) is 0. The van der Waals surface area contributed by atoms with Crippen LogP contribution in [0.25, 0.3) is 10.1 Å². The number of nitriles is 1. The fourth-order valence-electron chi connectivity index (χ4n) is 1.18. The minimum atomic E-state index is -0.0341. The fourth-order valence-corrected chi connectivity index (χ4v) is 2.32. The standard InChI is InChI=1S/C9H4ClNOS/c10-8-7(12)3-5(4-11)6-1-2-13-9(6)8/h1-3,12H. The van der Waals surface area contributed by atoms with E-state index in [1.807, 2.05) is 17.5 Å². The van der Waals surface area contributed by atoms with Gasteiger partial charge in [-0.1, -0.05) is 11.6 Å². The highest BCUT2D eigenvalue weighted by molar-refractivity contribution is 7.18. The van der Waals surface area contributed by atoms with E-state index in [0.29, 0.717) is 10.6 Å². The van der Waals surface area contributed by atoms with Gasteiger partial charge in [-0.3, -0.25) is 0 Å². The number of phenols is 1. The van der Waals surface area contributed by atoms with Gasteiger partial charge in [0.1, 0.15) is 10.8 Å². The third-order valence-electron chi connectivity index (χ3n) is 1.78. The summed E-state index contributed by atoms with van der Waals surface area (Å²) in [6.45, 7) is 0. The molecule has 0 fully saturated rings. The lowest BCUT2D eigenvalue weighted by atomic mass is 10.1. The maximum absolute atomic E-state index is 9.37. The Morgan fingerprint density at radius 2 is 2.31 bits per heavy atom. The Kier molecular flexibility index (Phi) is 1.87. The molecule has 0 aliphatic rings.